The van der Waals surface area contributed by atoms with E-state index in [1.54, 1.807) is 17.1 Å². The van der Waals surface area contributed by atoms with Crippen LogP contribution >= 0.6 is 0 Å². The van der Waals surface area contributed by atoms with Gasteiger partial charge in [0, 0.05) is 43.3 Å². The SMILES string of the molecule is Cn1cc(NCc2cn[nH]c2-c2cccnc2)cn1. The molecular formula is C13H14N6. The summed E-state index contributed by atoms with van der Waals surface area (Å²) in [5.74, 6) is 0. The highest BCUT2D eigenvalue weighted by molar-refractivity contribution is 5.61. The van der Waals surface area contributed by atoms with Crippen LogP contribution in [0, 0.1) is 0 Å². The van der Waals surface area contributed by atoms with Gasteiger partial charge < -0.3 is 5.32 Å². The first-order valence-electron chi connectivity index (χ1n) is 5.98. The number of aryl methyl sites for hydroxylation is 1. The quantitative estimate of drug-likeness (QED) is 0.745. The summed E-state index contributed by atoms with van der Waals surface area (Å²) >= 11 is 0. The van der Waals surface area contributed by atoms with Crippen molar-refractivity contribution in [3.05, 3.63) is 48.7 Å². The lowest BCUT2D eigenvalue weighted by atomic mass is 10.1. The molecule has 0 amide bonds. The molecule has 2 N–H and O–H groups in total. The Hall–Kier alpha value is -2.63. The van der Waals surface area contributed by atoms with Gasteiger partial charge in [0.25, 0.3) is 0 Å². The van der Waals surface area contributed by atoms with Crippen LogP contribution in [-0.2, 0) is 13.6 Å². The number of hydrogen-bond donors (Lipinski definition) is 2. The van der Waals surface area contributed by atoms with Gasteiger partial charge in [-0.3, -0.25) is 14.8 Å². The van der Waals surface area contributed by atoms with Crippen molar-refractivity contribution in [2.24, 2.45) is 7.05 Å². The zero-order valence-corrected chi connectivity index (χ0v) is 10.5. The highest BCUT2D eigenvalue weighted by Gasteiger charge is 2.07. The van der Waals surface area contributed by atoms with Crippen LogP contribution in [0.1, 0.15) is 5.56 Å². The van der Waals surface area contributed by atoms with Crippen molar-refractivity contribution in [3.8, 4) is 11.3 Å². The summed E-state index contributed by atoms with van der Waals surface area (Å²) in [4.78, 5) is 4.12. The molecule has 3 heterocycles. The molecule has 3 aromatic rings. The summed E-state index contributed by atoms with van der Waals surface area (Å²) < 4.78 is 1.76. The zero-order valence-electron chi connectivity index (χ0n) is 10.5. The van der Waals surface area contributed by atoms with Crippen LogP contribution in [0.4, 0.5) is 5.69 Å². The molecule has 0 aromatic carbocycles. The van der Waals surface area contributed by atoms with E-state index in [1.165, 1.54) is 0 Å². The van der Waals surface area contributed by atoms with Gasteiger partial charge in [-0.15, -0.1) is 0 Å². The second-order valence-corrected chi connectivity index (χ2v) is 4.27. The van der Waals surface area contributed by atoms with Crippen molar-refractivity contribution in [1.29, 1.82) is 0 Å². The van der Waals surface area contributed by atoms with Crippen LogP contribution in [0.3, 0.4) is 0 Å². The number of nitrogens with one attached hydrogen (secondary N) is 2. The molecule has 0 saturated heterocycles. The Morgan fingerprint density at radius 2 is 2.26 bits per heavy atom. The standard InChI is InChI=1S/C13H14N6/c1-19-9-12(8-17-19)15-6-11-7-16-18-13(11)10-3-2-4-14-5-10/h2-5,7-9,15H,6H2,1H3,(H,16,18). The van der Waals surface area contributed by atoms with Crippen molar-refractivity contribution in [2.75, 3.05) is 5.32 Å². The molecule has 0 aliphatic carbocycles. The number of nitrogens with zero attached hydrogens (tertiary/aromatic N) is 4. The minimum absolute atomic E-state index is 0.687. The molecule has 0 unspecified atom stereocenters. The minimum Gasteiger partial charge on any atom is -0.378 e. The Kier molecular flexibility index (Phi) is 2.97. The number of aromatic nitrogens is 5. The Balaban J connectivity index is 1.77. The average molecular weight is 254 g/mol. The first-order chi connectivity index (χ1) is 9.33. The summed E-state index contributed by atoms with van der Waals surface area (Å²) in [5.41, 5.74) is 4.10. The van der Waals surface area contributed by atoms with Gasteiger partial charge in [0.15, 0.2) is 0 Å². The Morgan fingerprint density at radius 3 is 3.00 bits per heavy atom. The smallest absolute Gasteiger partial charge is 0.0729 e. The van der Waals surface area contributed by atoms with Crippen LogP contribution in [0.15, 0.2) is 43.1 Å². The van der Waals surface area contributed by atoms with Gasteiger partial charge in [0.2, 0.25) is 0 Å². The second kappa shape index (κ2) is 4.93. The third-order valence-electron chi connectivity index (χ3n) is 2.86. The number of H-pyrrole nitrogens is 1. The summed E-state index contributed by atoms with van der Waals surface area (Å²) in [6.07, 6.45) is 9.13. The van der Waals surface area contributed by atoms with Gasteiger partial charge in [-0.05, 0) is 12.1 Å². The zero-order chi connectivity index (χ0) is 13.1. The fourth-order valence-electron chi connectivity index (χ4n) is 1.92. The molecule has 96 valence electrons. The third-order valence-corrected chi connectivity index (χ3v) is 2.86. The maximum Gasteiger partial charge on any atom is 0.0729 e. The van der Waals surface area contributed by atoms with Gasteiger partial charge in [-0.1, -0.05) is 0 Å². The Bertz CT molecular complexity index is 655. The van der Waals surface area contributed by atoms with E-state index in [2.05, 4.69) is 25.6 Å². The van der Waals surface area contributed by atoms with E-state index in [9.17, 15) is 0 Å². The normalized spacial score (nSPS) is 10.6. The maximum absolute atomic E-state index is 4.12. The van der Waals surface area contributed by atoms with Crippen LogP contribution in [0.2, 0.25) is 0 Å². The molecule has 19 heavy (non-hydrogen) atoms. The van der Waals surface area contributed by atoms with Crippen LogP contribution < -0.4 is 5.32 Å². The number of anilines is 1. The summed E-state index contributed by atoms with van der Waals surface area (Å²) in [7, 11) is 1.89. The second-order valence-electron chi connectivity index (χ2n) is 4.27. The lowest BCUT2D eigenvalue weighted by Crippen LogP contribution is -1.99. The van der Waals surface area contributed by atoms with E-state index in [4.69, 9.17) is 0 Å². The molecule has 3 rings (SSSR count). The number of rotatable bonds is 4. The van der Waals surface area contributed by atoms with Gasteiger partial charge in [-0.25, -0.2) is 0 Å². The molecule has 0 saturated carbocycles. The van der Waals surface area contributed by atoms with E-state index in [0.717, 1.165) is 22.5 Å². The molecule has 0 radical (unpaired) electrons. The number of pyridine rings is 1. The topological polar surface area (TPSA) is 71.4 Å². The third kappa shape index (κ3) is 2.47. The number of hydrogen-bond acceptors (Lipinski definition) is 4. The first-order valence-corrected chi connectivity index (χ1v) is 5.98. The summed E-state index contributed by atoms with van der Waals surface area (Å²) in [5, 5.41) is 14.5. The van der Waals surface area contributed by atoms with Gasteiger partial charge in [-0.2, -0.15) is 10.2 Å². The van der Waals surface area contributed by atoms with E-state index in [-0.39, 0.29) is 0 Å². The van der Waals surface area contributed by atoms with Crippen molar-refractivity contribution in [3.63, 3.8) is 0 Å². The predicted octanol–water partition coefficient (Wildman–Crippen LogP) is 1.82. The Labute approximate surface area is 110 Å². The van der Waals surface area contributed by atoms with Gasteiger partial charge in [0.05, 0.1) is 23.8 Å². The summed E-state index contributed by atoms with van der Waals surface area (Å²) in [6.45, 7) is 0.687. The molecule has 6 nitrogen and oxygen atoms in total. The minimum atomic E-state index is 0.687. The molecule has 6 heteroatoms. The molecule has 0 atom stereocenters. The molecule has 0 fully saturated rings. The van der Waals surface area contributed by atoms with Crippen molar-refractivity contribution < 1.29 is 0 Å². The highest BCUT2D eigenvalue weighted by Crippen LogP contribution is 2.20. The van der Waals surface area contributed by atoms with Crippen LogP contribution in [0.5, 0.6) is 0 Å². The molecule has 3 aromatic heterocycles. The molecular weight excluding hydrogens is 240 g/mol. The highest BCUT2D eigenvalue weighted by atomic mass is 15.3. The lowest BCUT2D eigenvalue weighted by molar-refractivity contribution is 0.768. The van der Waals surface area contributed by atoms with E-state index in [1.807, 2.05) is 37.8 Å². The average Bonchev–Trinajstić information content (AvgIpc) is 3.06. The molecule has 0 aliphatic rings. The van der Waals surface area contributed by atoms with Crippen molar-refractivity contribution >= 4 is 5.69 Å². The van der Waals surface area contributed by atoms with Gasteiger partial charge in [0.1, 0.15) is 0 Å². The monoisotopic (exact) mass is 254 g/mol. The largest absolute Gasteiger partial charge is 0.378 e. The summed E-state index contributed by atoms with van der Waals surface area (Å²) in [6, 6.07) is 3.92. The maximum atomic E-state index is 4.12. The van der Waals surface area contributed by atoms with Crippen LogP contribution in [-0.4, -0.2) is 25.0 Å². The first kappa shape index (κ1) is 11.5. The van der Waals surface area contributed by atoms with Crippen molar-refractivity contribution in [2.45, 2.75) is 6.54 Å². The van der Waals surface area contributed by atoms with E-state index >= 15 is 0 Å². The lowest BCUT2D eigenvalue weighted by Gasteiger charge is -2.04. The predicted molar refractivity (Wildman–Crippen MR) is 72.4 cm³/mol. The fourth-order valence-corrected chi connectivity index (χ4v) is 1.92. The van der Waals surface area contributed by atoms with Crippen molar-refractivity contribution in [1.82, 2.24) is 25.0 Å². The Morgan fingerprint density at radius 1 is 1.32 bits per heavy atom. The molecule has 0 spiro atoms. The van der Waals surface area contributed by atoms with Crippen LogP contribution in [0.25, 0.3) is 11.3 Å². The molecule has 0 bridgehead atoms. The number of aromatic amines is 1. The molecule has 0 aliphatic heterocycles. The van der Waals surface area contributed by atoms with Gasteiger partial charge >= 0.3 is 0 Å². The van der Waals surface area contributed by atoms with E-state index in [0.29, 0.717) is 6.54 Å². The fraction of sp³-hybridized carbons (Fsp3) is 0.154. The van der Waals surface area contributed by atoms with E-state index < -0.39 is 0 Å².